The summed E-state index contributed by atoms with van der Waals surface area (Å²) in [5.41, 5.74) is 7.31. The summed E-state index contributed by atoms with van der Waals surface area (Å²) < 4.78 is 0. The molecule has 0 spiro atoms. The van der Waals surface area contributed by atoms with Gasteiger partial charge in [0.05, 0.1) is 0 Å². The minimum absolute atomic E-state index is 0.0964. The number of benzene rings is 1. The van der Waals surface area contributed by atoms with Crippen molar-refractivity contribution in [3.63, 3.8) is 0 Å². The number of rotatable bonds is 1. The van der Waals surface area contributed by atoms with Gasteiger partial charge in [-0.1, -0.05) is 17.7 Å². The summed E-state index contributed by atoms with van der Waals surface area (Å²) in [4.78, 5) is 11.2. The fourth-order valence-electron chi connectivity index (χ4n) is 1.92. The zero-order chi connectivity index (χ0) is 10.8. The molecule has 1 atom stereocenters. The minimum atomic E-state index is 0.0964. The van der Waals surface area contributed by atoms with Crippen molar-refractivity contribution in [2.24, 2.45) is 0 Å². The van der Waals surface area contributed by atoms with Crippen LogP contribution in [-0.2, 0) is 4.79 Å². The van der Waals surface area contributed by atoms with Crippen LogP contribution in [0.25, 0.3) is 0 Å². The van der Waals surface area contributed by atoms with Crippen molar-refractivity contribution in [1.82, 2.24) is 5.32 Å². The smallest absolute Gasteiger partial charge is 0.220 e. The van der Waals surface area contributed by atoms with Crippen LogP contribution in [0.3, 0.4) is 0 Å². The first kappa shape index (κ1) is 10.3. The van der Waals surface area contributed by atoms with Gasteiger partial charge in [-0.2, -0.15) is 0 Å². The van der Waals surface area contributed by atoms with Gasteiger partial charge >= 0.3 is 0 Å². The van der Waals surface area contributed by atoms with E-state index in [0.717, 1.165) is 18.5 Å². The van der Waals surface area contributed by atoms with Gasteiger partial charge in [0.2, 0.25) is 5.91 Å². The van der Waals surface area contributed by atoms with Crippen molar-refractivity contribution in [3.8, 4) is 0 Å². The Morgan fingerprint density at radius 2 is 2.27 bits per heavy atom. The molecule has 1 aliphatic heterocycles. The second-order valence-corrected chi connectivity index (χ2v) is 4.23. The van der Waals surface area contributed by atoms with Crippen molar-refractivity contribution in [2.75, 3.05) is 12.3 Å². The second-order valence-electron chi connectivity index (χ2n) is 3.82. The van der Waals surface area contributed by atoms with E-state index in [1.165, 1.54) is 0 Å². The molecule has 0 radical (unpaired) electrons. The largest absolute Gasteiger partial charge is 0.399 e. The molecule has 1 aromatic carbocycles. The number of halogens is 1. The minimum Gasteiger partial charge on any atom is -0.399 e. The number of carbonyl (C=O) groups excluding carboxylic acids is 1. The topological polar surface area (TPSA) is 55.1 Å². The van der Waals surface area contributed by atoms with Crippen LogP contribution < -0.4 is 11.1 Å². The third-order valence-electron chi connectivity index (χ3n) is 2.71. The summed E-state index contributed by atoms with van der Waals surface area (Å²) in [5, 5.41) is 3.47. The highest BCUT2D eigenvalue weighted by molar-refractivity contribution is 6.31. The lowest BCUT2D eigenvalue weighted by Gasteiger charge is -2.23. The summed E-state index contributed by atoms with van der Waals surface area (Å²) in [6, 6.07) is 5.48. The molecule has 1 aliphatic rings. The molecule has 0 aromatic heterocycles. The highest BCUT2D eigenvalue weighted by Crippen LogP contribution is 2.32. The monoisotopic (exact) mass is 224 g/mol. The number of carbonyl (C=O) groups is 1. The Morgan fingerprint density at radius 1 is 1.47 bits per heavy atom. The lowest BCUT2D eigenvalue weighted by Crippen LogP contribution is -2.32. The molecule has 4 heteroatoms. The average Bonchev–Trinajstić information content (AvgIpc) is 2.17. The number of hydrogen-bond donors (Lipinski definition) is 2. The SMILES string of the molecule is Nc1ccc([C@@H]2CCNC(=O)C2)c(Cl)c1. The molecule has 0 aliphatic carbocycles. The molecule has 0 bridgehead atoms. The Balaban J connectivity index is 2.24. The molecule has 1 aromatic rings. The third-order valence-corrected chi connectivity index (χ3v) is 3.04. The number of anilines is 1. The van der Waals surface area contributed by atoms with Crippen molar-refractivity contribution in [2.45, 2.75) is 18.8 Å². The predicted octanol–water partition coefficient (Wildman–Crippen LogP) is 1.92. The molecule has 80 valence electrons. The van der Waals surface area contributed by atoms with Crippen molar-refractivity contribution >= 4 is 23.2 Å². The normalized spacial score (nSPS) is 21.1. The molecule has 0 unspecified atom stereocenters. The summed E-state index contributed by atoms with van der Waals surface area (Å²) >= 11 is 6.10. The van der Waals surface area contributed by atoms with Crippen molar-refractivity contribution < 1.29 is 4.79 Å². The Morgan fingerprint density at radius 3 is 2.93 bits per heavy atom. The van der Waals surface area contributed by atoms with Crippen LogP contribution in [0.2, 0.25) is 5.02 Å². The molecule has 3 N–H and O–H groups in total. The average molecular weight is 225 g/mol. The van der Waals surface area contributed by atoms with Gasteiger partial charge in [0, 0.05) is 23.7 Å². The lowest BCUT2D eigenvalue weighted by molar-refractivity contribution is -0.122. The number of piperidine rings is 1. The van der Waals surface area contributed by atoms with Crippen LogP contribution >= 0.6 is 11.6 Å². The number of amides is 1. The zero-order valence-corrected chi connectivity index (χ0v) is 9.05. The molecular formula is C11H13ClN2O. The molecule has 0 saturated carbocycles. The van der Waals surface area contributed by atoms with E-state index in [0.29, 0.717) is 17.1 Å². The maximum atomic E-state index is 11.2. The molecule has 2 rings (SSSR count). The first-order chi connectivity index (χ1) is 7.16. The molecular weight excluding hydrogens is 212 g/mol. The van der Waals surface area contributed by atoms with E-state index in [1.54, 1.807) is 6.07 Å². The number of nitrogens with two attached hydrogens (primary N) is 1. The van der Waals surface area contributed by atoms with E-state index in [2.05, 4.69) is 5.32 Å². The van der Waals surface area contributed by atoms with Gasteiger partial charge in [-0.15, -0.1) is 0 Å². The van der Waals surface area contributed by atoms with E-state index in [9.17, 15) is 4.79 Å². The summed E-state index contributed by atoms with van der Waals surface area (Å²) in [6.07, 6.45) is 1.46. The Kier molecular flexibility index (Phi) is 2.82. The van der Waals surface area contributed by atoms with Crippen molar-refractivity contribution in [1.29, 1.82) is 0 Å². The van der Waals surface area contributed by atoms with Crippen LogP contribution in [0.15, 0.2) is 18.2 Å². The molecule has 1 fully saturated rings. The quantitative estimate of drug-likeness (QED) is 0.716. The standard InChI is InChI=1S/C11H13ClN2O/c12-10-6-8(13)1-2-9(10)7-3-4-14-11(15)5-7/h1-2,6-7H,3-5,13H2,(H,14,15)/t7-/m1/s1. The Hall–Kier alpha value is -1.22. The van der Waals surface area contributed by atoms with Gasteiger partial charge in [0.1, 0.15) is 0 Å². The van der Waals surface area contributed by atoms with Crippen molar-refractivity contribution in [3.05, 3.63) is 28.8 Å². The Bertz CT molecular complexity index is 392. The van der Waals surface area contributed by atoms with Crippen LogP contribution in [0.5, 0.6) is 0 Å². The lowest BCUT2D eigenvalue weighted by atomic mass is 9.90. The first-order valence-corrected chi connectivity index (χ1v) is 5.36. The van der Waals surface area contributed by atoms with E-state index >= 15 is 0 Å². The number of nitrogen functional groups attached to an aromatic ring is 1. The van der Waals surface area contributed by atoms with E-state index in [-0.39, 0.29) is 11.8 Å². The zero-order valence-electron chi connectivity index (χ0n) is 8.29. The van der Waals surface area contributed by atoms with Gasteiger partial charge in [-0.3, -0.25) is 4.79 Å². The van der Waals surface area contributed by atoms with Gasteiger partial charge in [0.15, 0.2) is 0 Å². The van der Waals surface area contributed by atoms with Gasteiger partial charge in [-0.25, -0.2) is 0 Å². The highest BCUT2D eigenvalue weighted by Gasteiger charge is 2.22. The predicted molar refractivity (Wildman–Crippen MR) is 60.8 cm³/mol. The van der Waals surface area contributed by atoms with Crippen LogP contribution in [0.4, 0.5) is 5.69 Å². The number of hydrogen-bond acceptors (Lipinski definition) is 2. The molecule has 1 amide bonds. The van der Waals surface area contributed by atoms with Gasteiger partial charge in [0.25, 0.3) is 0 Å². The van der Waals surface area contributed by atoms with Gasteiger partial charge < -0.3 is 11.1 Å². The van der Waals surface area contributed by atoms with Gasteiger partial charge in [-0.05, 0) is 30.0 Å². The molecule has 1 heterocycles. The van der Waals surface area contributed by atoms with E-state index in [4.69, 9.17) is 17.3 Å². The molecule has 3 nitrogen and oxygen atoms in total. The highest BCUT2D eigenvalue weighted by atomic mass is 35.5. The Labute approximate surface area is 93.6 Å². The van der Waals surface area contributed by atoms with Crippen LogP contribution in [0, 0.1) is 0 Å². The second kappa shape index (κ2) is 4.11. The summed E-state index contributed by atoms with van der Waals surface area (Å²) in [5.74, 6) is 0.325. The summed E-state index contributed by atoms with van der Waals surface area (Å²) in [7, 11) is 0. The fraction of sp³-hybridized carbons (Fsp3) is 0.364. The molecule has 15 heavy (non-hydrogen) atoms. The van der Waals surface area contributed by atoms with E-state index in [1.807, 2.05) is 12.1 Å². The molecule has 1 saturated heterocycles. The van der Waals surface area contributed by atoms with Crippen LogP contribution in [-0.4, -0.2) is 12.5 Å². The maximum Gasteiger partial charge on any atom is 0.220 e. The van der Waals surface area contributed by atoms with E-state index < -0.39 is 0 Å². The first-order valence-electron chi connectivity index (χ1n) is 4.98. The third kappa shape index (κ3) is 2.23. The summed E-state index contributed by atoms with van der Waals surface area (Å²) in [6.45, 7) is 0.726. The maximum absolute atomic E-state index is 11.2. The van der Waals surface area contributed by atoms with Crippen LogP contribution in [0.1, 0.15) is 24.3 Å². The number of nitrogens with one attached hydrogen (secondary N) is 1. The fourth-order valence-corrected chi connectivity index (χ4v) is 2.27.